The predicted octanol–water partition coefficient (Wildman–Crippen LogP) is 3.43. The SMILES string of the molecule is COc1ccc2cc(CN(C)C(=O)[C@H](C)Cl)ccc2c1. The van der Waals surface area contributed by atoms with E-state index in [0.29, 0.717) is 6.54 Å². The number of rotatable bonds is 4. The molecule has 0 N–H and O–H groups in total. The zero-order chi connectivity index (χ0) is 14.7. The van der Waals surface area contributed by atoms with E-state index in [4.69, 9.17) is 16.3 Å². The molecule has 1 amide bonds. The van der Waals surface area contributed by atoms with E-state index in [1.54, 1.807) is 26.0 Å². The van der Waals surface area contributed by atoms with E-state index >= 15 is 0 Å². The van der Waals surface area contributed by atoms with Crippen LogP contribution in [0.1, 0.15) is 12.5 Å². The van der Waals surface area contributed by atoms with Gasteiger partial charge < -0.3 is 9.64 Å². The number of hydrogen-bond donors (Lipinski definition) is 0. The number of carbonyl (C=O) groups excluding carboxylic acids is 1. The highest BCUT2D eigenvalue weighted by atomic mass is 35.5. The molecule has 4 heteroatoms. The van der Waals surface area contributed by atoms with Crippen LogP contribution in [0.15, 0.2) is 36.4 Å². The maximum absolute atomic E-state index is 11.8. The molecule has 0 aliphatic heterocycles. The van der Waals surface area contributed by atoms with Crippen molar-refractivity contribution >= 4 is 28.3 Å². The predicted molar refractivity (Wildman–Crippen MR) is 82.3 cm³/mol. The van der Waals surface area contributed by atoms with E-state index in [1.165, 1.54) is 0 Å². The molecule has 3 nitrogen and oxygen atoms in total. The number of benzene rings is 2. The number of amides is 1. The van der Waals surface area contributed by atoms with E-state index in [1.807, 2.05) is 30.3 Å². The van der Waals surface area contributed by atoms with Crippen molar-refractivity contribution in [2.45, 2.75) is 18.8 Å². The number of ether oxygens (including phenoxy) is 1. The summed E-state index contributed by atoms with van der Waals surface area (Å²) in [5, 5.41) is 1.75. The number of carbonyl (C=O) groups is 1. The Labute approximate surface area is 124 Å². The molecule has 2 aromatic carbocycles. The number of halogens is 1. The largest absolute Gasteiger partial charge is 0.497 e. The lowest BCUT2D eigenvalue weighted by Crippen LogP contribution is -2.31. The Morgan fingerprint density at radius 1 is 1.25 bits per heavy atom. The van der Waals surface area contributed by atoms with Crippen LogP contribution >= 0.6 is 11.6 Å². The third kappa shape index (κ3) is 3.23. The minimum Gasteiger partial charge on any atom is -0.497 e. The van der Waals surface area contributed by atoms with E-state index < -0.39 is 5.38 Å². The number of alkyl halides is 1. The van der Waals surface area contributed by atoms with Gasteiger partial charge in [0.2, 0.25) is 5.91 Å². The Morgan fingerprint density at radius 2 is 1.90 bits per heavy atom. The van der Waals surface area contributed by atoms with Gasteiger partial charge in [-0.05, 0) is 41.5 Å². The van der Waals surface area contributed by atoms with Crippen LogP contribution in [0, 0.1) is 0 Å². The van der Waals surface area contributed by atoms with Gasteiger partial charge >= 0.3 is 0 Å². The van der Waals surface area contributed by atoms with E-state index in [0.717, 1.165) is 22.1 Å². The van der Waals surface area contributed by atoms with E-state index in [2.05, 4.69) is 6.07 Å². The van der Waals surface area contributed by atoms with Crippen molar-refractivity contribution in [2.24, 2.45) is 0 Å². The molecule has 0 unspecified atom stereocenters. The molecule has 0 aliphatic rings. The molecule has 20 heavy (non-hydrogen) atoms. The summed E-state index contributed by atoms with van der Waals surface area (Å²) in [4.78, 5) is 13.4. The summed E-state index contributed by atoms with van der Waals surface area (Å²) in [6.45, 7) is 2.24. The average Bonchev–Trinajstić information content (AvgIpc) is 2.45. The first-order valence-corrected chi connectivity index (χ1v) is 6.90. The van der Waals surface area contributed by atoms with Gasteiger partial charge in [0.1, 0.15) is 11.1 Å². The van der Waals surface area contributed by atoms with Crippen LogP contribution in [0.3, 0.4) is 0 Å². The second-order valence-corrected chi connectivity index (χ2v) is 5.51. The molecule has 0 radical (unpaired) electrons. The molecule has 2 rings (SSSR count). The lowest BCUT2D eigenvalue weighted by molar-refractivity contribution is -0.129. The van der Waals surface area contributed by atoms with Crippen molar-refractivity contribution in [3.63, 3.8) is 0 Å². The minimum absolute atomic E-state index is 0.0681. The Morgan fingerprint density at radius 3 is 2.55 bits per heavy atom. The molecule has 0 aliphatic carbocycles. The number of nitrogens with zero attached hydrogens (tertiary/aromatic N) is 1. The molecule has 2 aromatic rings. The Kier molecular flexibility index (Phi) is 4.50. The van der Waals surface area contributed by atoms with Gasteiger partial charge in [-0.25, -0.2) is 0 Å². The maximum atomic E-state index is 11.8. The molecule has 0 fully saturated rings. The van der Waals surface area contributed by atoms with Gasteiger partial charge in [-0.2, -0.15) is 0 Å². The van der Waals surface area contributed by atoms with Crippen molar-refractivity contribution in [3.05, 3.63) is 42.0 Å². The zero-order valence-electron chi connectivity index (χ0n) is 11.9. The minimum atomic E-state index is -0.496. The fraction of sp³-hybridized carbons (Fsp3) is 0.312. The Hall–Kier alpha value is -1.74. The number of fused-ring (bicyclic) bond motifs is 1. The first kappa shape index (κ1) is 14.7. The van der Waals surface area contributed by atoms with Crippen LogP contribution in [0.5, 0.6) is 5.75 Å². The summed E-state index contributed by atoms with van der Waals surface area (Å²) in [6.07, 6.45) is 0. The summed E-state index contributed by atoms with van der Waals surface area (Å²) in [6, 6.07) is 12.1. The van der Waals surface area contributed by atoms with Crippen LogP contribution in [0.25, 0.3) is 10.8 Å². The summed E-state index contributed by atoms with van der Waals surface area (Å²) < 4.78 is 5.21. The topological polar surface area (TPSA) is 29.5 Å². The maximum Gasteiger partial charge on any atom is 0.240 e. The monoisotopic (exact) mass is 291 g/mol. The third-order valence-electron chi connectivity index (χ3n) is 3.25. The number of methoxy groups -OCH3 is 1. The number of hydrogen-bond acceptors (Lipinski definition) is 2. The Bertz CT molecular complexity index is 625. The smallest absolute Gasteiger partial charge is 0.240 e. The highest BCUT2D eigenvalue weighted by molar-refractivity contribution is 6.30. The second kappa shape index (κ2) is 6.14. The van der Waals surface area contributed by atoms with Crippen LogP contribution in [0.4, 0.5) is 0 Å². The van der Waals surface area contributed by atoms with Crippen molar-refractivity contribution in [1.29, 1.82) is 0 Å². The summed E-state index contributed by atoms with van der Waals surface area (Å²) >= 11 is 5.81. The van der Waals surface area contributed by atoms with Crippen molar-refractivity contribution in [2.75, 3.05) is 14.2 Å². The van der Waals surface area contributed by atoms with Gasteiger partial charge in [-0.3, -0.25) is 4.79 Å². The van der Waals surface area contributed by atoms with E-state index in [9.17, 15) is 4.79 Å². The quantitative estimate of drug-likeness (QED) is 0.808. The second-order valence-electron chi connectivity index (χ2n) is 4.86. The first-order valence-electron chi connectivity index (χ1n) is 6.47. The van der Waals surface area contributed by atoms with Gasteiger partial charge in [0, 0.05) is 13.6 Å². The highest BCUT2D eigenvalue weighted by Crippen LogP contribution is 2.22. The van der Waals surface area contributed by atoms with Crippen LogP contribution in [-0.2, 0) is 11.3 Å². The van der Waals surface area contributed by atoms with Crippen LogP contribution in [0.2, 0.25) is 0 Å². The van der Waals surface area contributed by atoms with Crippen LogP contribution < -0.4 is 4.74 Å². The molecule has 0 saturated heterocycles. The van der Waals surface area contributed by atoms with Gasteiger partial charge in [-0.1, -0.05) is 18.2 Å². The van der Waals surface area contributed by atoms with Crippen LogP contribution in [-0.4, -0.2) is 30.3 Å². The molecule has 0 spiro atoms. The highest BCUT2D eigenvalue weighted by Gasteiger charge is 2.14. The molecule has 0 aromatic heterocycles. The molecule has 0 bridgehead atoms. The van der Waals surface area contributed by atoms with Crippen molar-refractivity contribution in [3.8, 4) is 5.75 Å². The molecular weight excluding hydrogens is 274 g/mol. The van der Waals surface area contributed by atoms with E-state index in [-0.39, 0.29) is 5.91 Å². The summed E-state index contributed by atoms with van der Waals surface area (Å²) in [5.74, 6) is 0.773. The van der Waals surface area contributed by atoms with Gasteiger partial charge in [0.15, 0.2) is 0 Å². The Balaban J connectivity index is 2.22. The van der Waals surface area contributed by atoms with Crippen molar-refractivity contribution in [1.82, 2.24) is 4.90 Å². The molecule has 106 valence electrons. The lowest BCUT2D eigenvalue weighted by atomic mass is 10.1. The first-order chi connectivity index (χ1) is 9.51. The van der Waals surface area contributed by atoms with Gasteiger partial charge in [0.05, 0.1) is 7.11 Å². The zero-order valence-corrected chi connectivity index (χ0v) is 12.6. The normalized spacial score (nSPS) is 12.2. The molecular formula is C16H18ClNO2. The fourth-order valence-electron chi connectivity index (χ4n) is 2.15. The van der Waals surface area contributed by atoms with Crippen molar-refractivity contribution < 1.29 is 9.53 Å². The van der Waals surface area contributed by atoms with Gasteiger partial charge in [-0.15, -0.1) is 11.6 Å². The fourth-order valence-corrected chi connectivity index (χ4v) is 2.32. The lowest BCUT2D eigenvalue weighted by Gasteiger charge is -2.18. The van der Waals surface area contributed by atoms with Gasteiger partial charge in [0.25, 0.3) is 0 Å². The molecule has 0 heterocycles. The summed E-state index contributed by atoms with van der Waals surface area (Å²) in [7, 11) is 3.42. The standard InChI is InChI=1S/C16H18ClNO2/c1-11(17)16(19)18(2)10-12-4-5-14-9-15(20-3)7-6-13(14)8-12/h4-9,11H,10H2,1-3H3/t11-/m0/s1. The average molecular weight is 292 g/mol. The summed E-state index contributed by atoms with van der Waals surface area (Å²) in [5.41, 5.74) is 1.08. The third-order valence-corrected chi connectivity index (χ3v) is 3.43. The molecule has 0 saturated carbocycles. The molecule has 1 atom stereocenters.